The molecule has 1 heterocycles. The van der Waals surface area contributed by atoms with Gasteiger partial charge in [-0.3, -0.25) is 4.98 Å². The van der Waals surface area contributed by atoms with E-state index in [-0.39, 0.29) is 16.7 Å². The molecule has 1 aromatic heterocycles. The normalized spacial score (nSPS) is 10.5. The summed E-state index contributed by atoms with van der Waals surface area (Å²) in [6.45, 7) is 1.56. The van der Waals surface area contributed by atoms with Crippen LogP contribution in [0.4, 0.5) is 8.78 Å². The molecule has 0 bridgehead atoms. The molecule has 0 atom stereocenters. The number of hydrogen-bond donors (Lipinski definition) is 2. The van der Waals surface area contributed by atoms with Crippen molar-refractivity contribution in [3.63, 3.8) is 0 Å². The van der Waals surface area contributed by atoms with Crippen molar-refractivity contribution in [2.45, 2.75) is 6.92 Å². The van der Waals surface area contributed by atoms with Crippen LogP contribution in [0, 0.1) is 18.6 Å². The zero-order valence-corrected chi connectivity index (χ0v) is 9.56. The lowest BCUT2D eigenvalue weighted by molar-refractivity contribution is 0.425. The minimum Gasteiger partial charge on any atom is -0.423 e. The molecule has 0 unspecified atom stereocenters. The number of aryl methyl sites for hydroxylation is 1. The number of rotatable bonds is 2. The van der Waals surface area contributed by atoms with Crippen LogP contribution in [0.1, 0.15) is 5.69 Å². The number of benzene rings is 1. The standard InChI is InChI=1S/C12H10BF2NO2/c1-7-9(13(17)18)5-6-11(16-7)8-3-2-4-10(14)12(8)15/h2-6,17-18H,1H3. The van der Waals surface area contributed by atoms with Gasteiger partial charge in [-0.05, 0) is 25.1 Å². The Balaban J connectivity index is 2.52. The molecule has 92 valence electrons. The second kappa shape index (κ2) is 4.84. The number of nitrogens with zero attached hydrogens (tertiary/aromatic N) is 1. The van der Waals surface area contributed by atoms with Gasteiger partial charge in [-0.15, -0.1) is 0 Å². The van der Waals surface area contributed by atoms with Gasteiger partial charge in [0.25, 0.3) is 0 Å². The number of aromatic nitrogens is 1. The van der Waals surface area contributed by atoms with Crippen molar-refractivity contribution in [2.75, 3.05) is 0 Å². The second-order valence-electron chi connectivity index (χ2n) is 3.85. The van der Waals surface area contributed by atoms with Gasteiger partial charge in [-0.1, -0.05) is 12.1 Å². The van der Waals surface area contributed by atoms with Crippen LogP contribution in [0.2, 0.25) is 0 Å². The van der Waals surface area contributed by atoms with E-state index in [9.17, 15) is 8.78 Å². The van der Waals surface area contributed by atoms with E-state index in [0.29, 0.717) is 5.69 Å². The molecule has 0 radical (unpaired) electrons. The summed E-state index contributed by atoms with van der Waals surface area (Å²) in [5.41, 5.74) is 0.868. The lowest BCUT2D eigenvalue weighted by atomic mass is 9.79. The van der Waals surface area contributed by atoms with Gasteiger partial charge in [0.15, 0.2) is 11.6 Å². The van der Waals surface area contributed by atoms with Crippen molar-refractivity contribution in [2.24, 2.45) is 0 Å². The number of pyridine rings is 1. The van der Waals surface area contributed by atoms with Gasteiger partial charge in [0, 0.05) is 16.7 Å². The molecule has 0 aliphatic heterocycles. The SMILES string of the molecule is Cc1nc(-c2cccc(F)c2F)ccc1B(O)O. The molecular weight excluding hydrogens is 239 g/mol. The van der Waals surface area contributed by atoms with Gasteiger partial charge in [0.1, 0.15) is 0 Å². The smallest absolute Gasteiger partial charge is 0.423 e. The van der Waals surface area contributed by atoms with Crippen molar-refractivity contribution >= 4 is 12.6 Å². The Morgan fingerprint density at radius 2 is 1.83 bits per heavy atom. The molecule has 0 saturated heterocycles. The molecule has 0 amide bonds. The van der Waals surface area contributed by atoms with Crippen LogP contribution >= 0.6 is 0 Å². The van der Waals surface area contributed by atoms with Gasteiger partial charge >= 0.3 is 7.12 Å². The molecule has 0 fully saturated rings. The summed E-state index contributed by atoms with van der Waals surface area (Å²) in [5.74, 6) is -1.92. The Morgan fingerprint density at radius 1 is 1.11 bits per heavy atom. The molecule has 3 nitrogen and oxygen atoms in total. The molecule has 2 N–H and O–H groups in total. The average Bonchev–Trinajstić information content (AvgIpc) is 2.32. The predicted octanol–water partition coefficient (Wildman–Crippen LogP) is 1.02. The molecule has 18 heavy (non-hydrogen) atoms. The third-order valence-electron chi connectivity index (χ3n) is 2.63. The van der Waals surface area contributed by atoms with Crippen molar-refractivity contribution in [1.82, 2.24) is 4.98 Å². The Labute approximate surface area is 103 Å². The Hall–Kier alpha value is -1.79. The molecule has 6 heteroatoms. The first kappa shape index (κ1) is 12.7. The third-order valence-corrected chi connectivity index (χ3v) is 2.63. The maximum Gasteiger partial charge on any atom is 0.490 e. The topological polar surface area (TPSA) is 53.4 Å². The van der Waals surface area contributed by atoms with E-state index < -0.39 is 18.8 Å². The van der Waals surface area contributed by atoms with Gasteiger partial charge in [-0.25, -0.2) is 8.78 Å². The highest BCUT2D eigenvalue weighted by molar-refractivity contribution is 6.59. The first-order valence-electron chi connectivity index (χ1n) is 5.28. The summed E-state index contributed by atoms with van der Waals surface area (Å²) in [5, 5.41) is 18.1. The lowest BCUT2D eigenvalue weighted by Gasteiger charge is -2.08. The lowest BCUT2D eigenvalue weighted by Crippen LogP contribution is -2.32. The van der Waals surface area contributed by atoms with Crippen molar-refractivity contribution < 1.29 is 18.8 Å². The summed E-state index contributed by atoms with van der Waals surface area (Å²) >= 11 is 0. The average molecular weight is 249 g/mol. The molecule has 0 aliphatic rings. The zero-order valence-electron chi connectivity index (χ0n) is 9.56. The molecule has 1 aromatic carbocycles. The summed E-state index contributed by atoms with van der Waals surface area (Å²) in [4.78, 5) is 4.04. The van der Waals surface area contributed by atoms with E-state index in [2.05, 4.69) is 4.98 Å². The molecule has 2 rings (SSSR count). The molecule has 0 saturated carbocycles. The maximum atomic E-state index is 13.6. The summed E-state index contributed by atoms with van der Waals surface area (Å²) in [7, 11) is -1.64. The highest BCUT2D eigenvalue weighted by Crippen LogP contribution is 2.22. The van der Waals surface area contributed by atoms with Crippen LogP contribution in [0.25, 0.3) is 11.3 Å². The molecular formula is C12H10BF2NO2. The Morgan fingerprint density at radius 3 is 2.44 bits per heavy atom. The Bertz CT molecular complexity index is 590. The highest BCUT2D eigenvalue weighted by atomic mass is 19.2. The zero-order chi connectivity index (χ0) is 13.3. The molecule has 0 spiro atoms. The minimum absolute atomic E-state index is 0.0390. The third kappa shape index (κ3) is 2.25. The van der Waals surface area contributed by atoms with Crippen LogP contribution in [-0.4, -0.2) is 22.2 Å². The van der Waals surface area contributed by atoms with Crippen molar-refractivity contribution in [3.8, 4) is 11.3 Å². The first-order valence-corrected chi connectivity index (χ1v) is 5.28. The van der Waals surface area contributed by atoms with E-state index in [4.69, 9.17) is 10.0 Å². The van der Waals surface area contributed by atoms with E-state index in [1.165, 1.54) is 24.3 Å². The van der Waals surface area contributed by atoms with E-state index in [1.807, 2.05) is 0 Å². The number of halogens is 2. The van der Waals surface area contributed by atoms with Crippen LogP contribution in [0.15, 0.2) is 30.3 Å². The quantitative estimate of drug-likeness (QED) is 0.781. The van der Waals surface area contributed by atoms with Gasteiger partial charge < -0.3 is 10.0 Å². The summed E-state index contributed by atoms with van der Waals surface area (Å²) in [6.07, 6.45) is 0. The Kier molecular flexibility index (Phi) is 3.40. The fourth-order valence-electron chi connectivity index (χ4n) is 1.70. The minimum atomic E-state index is -1.64. The van der Waals surface area contributed by atoms with E-state index in [1.54, 1.807) is 6.92 Å². The van der Waals surface area contributed by atoms with Gasteiger partial charge in [0.05, 0.1) is 5.69 Å². The molecule has 0 aliphatic carbocycles. The van der Waals surface area contributed by atoms with Gasteiger partial charge in [0.2, 0.25) is 0 Å². The van der Waals surface area contributed by atoms with Gasteiger partial charge in [-0.2, -0.15) is 0 Å². The fraction of sp³-hybridized carbons (Fsp3) is 0.0833. The first-order chi connectivity index (χ1) is 8.50. The van der Waals surface area contributed by atoms with E-state index in [0.717, 1.165) is 6.07 Å². The van der Waals surface area contributed by atoms with Crippen LogP contribution < -0.4 is 5.46 Å². The van der Waals surface area contributed by atoms with Crippen LogP contribution in [-0.2, 0) is 0 Å². The largest absolute Gasteiger partial charge is 0.490 e. The number of hydrogen-bond acceptors (Lipinski definition) is 3. The summed E-state index contributed by atoms with van der Waals surface area (Å²) in [6, 6.07) is 6.67. The van der Waals surface area contributed by atoms with Crippen LogP contribution in [0.3, 0.4) is 0 Å². The highest BCUT2D eigenvalue weighted by Gasteiger charge is 2.17. The fourth-order valence-corrected chi connectivity index (χ4v) is 1.70. The predicted molar refractivity (Wildman–Crippen MR) is 64.2 cm³/mol. The van der Waals surface area contributed by atoms with Crippen molar-refractivity contribution in [1.29, 1.82) is 0 Å². The molecule has 2 aromatic rings. The monoisotopic (exact) mass is 249 g/mol. The van der Waals surface area contributed by atoms with E-state index >= 15 is 0 Å². The second-order valence-corrected chi connectivity index (χ2v) is 3.85. The van der Waals surface area contributed by atoms with Crippen molar-refractivity contribution in [3.05, 3.63) is 47.7 Å². The summed E-state index contributed by atoms with van der Waals surface area (Å²) < 4.78 is 26.7. The van der Waals surface area contributed by atoms with Crippen LogP contribution in [0.5, 0.6) is 0 Å². The maximum absolute atomic E-state index is 13.6.